The maximum atomic E-state index is 12.3. The Labute approximate surface area is 164 Å². The van der Waals surface area contributed by atoms with Gasteiger partial charge in [-0.2, -0.15) is 0 Å². The molecule has 2 aromatic rings. The second kappa shape index (κ2) is 9.17. The molecule has 1 aliphatic heterocycles. The number of nitrogens with one attached hydrogen (secondary N) is 1. The number of carbonyl (C=O) groups excluding carboxylic acids is 3. The SMILES string of the molecule is CC(=O)N1CCCC(C(=O)OCc2ccc(C(=O)Nc3ccccc3)cc2)C1. The molecule has 146 valence electrons. The predicted molar refractivity (Wildman–Crippen MR) is 106 cm³/mol. The van der Waals surface area contributed by atoms with Crippen molar-refractivity contribution in [1.29, 1.82) is 0 Å². The van der Waals surface area contributed by atoms with Gasteiger partial charge >= 0.3 is 5.97 Å². The maximum absolute atomic E-state index is 12.3. The molecule has 1 N–H and O–H groups in total. The molecular formula is C22H24N2O4. The van der Waals surface area contributed by atoms with E-state index in [1.807, 2.05) is 30.3 Å². The van der Waals surface area contributed by atoms with Crippen molar-refractivity contribution >= 4 is 23.5 Å². The third-order valence-corrected chi connectivity index (χ3v) is 4.83. The molecule has 2 amide bonds. The fraction of sp³-hybridized carbons (Fsp3) is 0.318. The highest BCUT2D eigenvalue weighted by molar-refractivity contribution is 6.04. The lowest BCUT2D eigenvalue weighted by atomic mass is 9.98. The molecule has 3 rings (SSSR count). The zero-order chi connectivity index (χ0) is 19.9. The van der Waals surface area contributed by atoms with Gasteiger partial charge in [0, 0.05) is 31.3 Å². The minimum atomic E-state index is -0.281. The maximum Gasteiger partial charge on any atom is 0.311 e. The number of nitrogens with zero attached hydrogens (tertiary/aromatic N) is 1. The molecule has 0 aromatic heterocycles. The average Bonchev–Trinajstić information content (AvgIpc) is 2.73. The number of anilines is 1. The van der Waals surface area contributed by atoms with Crippen molar-refractivity contribution in [2.45, 2.75) is 26.4 Å². The van der Waals surface area contributed by atoms with Crippen LogP contribution in [0.1, 0.15) is 35.7 Å². The summed E-state index contributed by atoms with van der Waals surface area (Å²) < 4.78 is 5.41. The zero-order valence-electron chi connectivity index (χ0n) is 15.9. The summed E-state index contributed by atoms with van der Waals surface area (Å²) in [4.78, 5) is 37.7. The van der Waals surface area contributed by atoms with Crippen LogP contribution < -0.4 is 5.32 Å². The van der Waals surface area contributed by atoms with Crippen LogP contribution in [0.2, 0.25) is 0 Å². The molecule has 0 bridgehead atoms. The average molecular weight is 380 g/mol. The highest BCUT2D eigenvalue weighted by Gasteiger charge is 2.28. The van der Waals surface area contributed by atoms with Gasteiger partial charge in [-0.15, -0.1) is 0 Å². The van der Waals surface area contributed by atoms with Crippen molar-refractivity contribution in [2.24, 2.45) is 5.92 Å². The van der Waals surface area contributed by atoms with E-state index in [1.165, 1.54) is 6.92 Å². The molecule has 0 saturated carbocycles. The standard InChI is InChI=1S/C22H24N2O4/c1-16(25)24-13-5-6-19(14-24)22(27)28-15-17-9-11-18(12-10-17)21(26)23-20-7-3-2-4-8-20/h2-4,7-12,19H,5-6,13-15H2,1H3,(H,23,26). The van der Waals surface area contributed by atoms with Crippen molar-refractivity contribution in [2.75, 3.05) is 18.4 Å². The molecule has 1 atom stereocenters. The number of benzene rings is 2. The molecule has 0 radical (unpaired) electrons. The number of rotatable bonds is 5. The third kappa shape index (κ3) is 5.19. The highest BCUT2D eigenvalue weighted by Crippen LogP contribution is 2.19. The number of likely N-dealkylation sites (tertiary alicyclic amines) is 1. The molecule has 1 aliphatic rings. The van der Waals surface area contributed by atoms with E-state index in [0.717, 1.165) is 24.1 Å². The van der Waals surface area contributed by atoms with Crippen LogP contribution in [-0.2, 0) is 20.9 Å². The number of para-hydroxylation sites is 1. The first-order valence-corrected chi connectivity index (χ1v) is 9.40. The van der Waals surface area contributed by atoms with E-state index in [4.69, 9.17) is 4.74 Å². The smallest absolute Gasteiger partial charge is 0.311 e. The van der Waals surface area contributed by atoms with Crippen LogP contribution in [0.5, 0.6) is 0 Å². The third-order valence-electron chi connectivity index (χ3n) is 4.83. The largest absolute Gasteiger partial charge is 0.461 e. The molecule has 1 unspecified atom stereocenters. The summed E-state index contributed by atoms with van der Waals surface area (Å²) in [5, 5.41) is 2.83. The van der Waals surface area contributed by atoms with Crippen molar-refractivity contribution in [3.05, 3.63) is 65.7 Å². The zero-order valence-corrected chi connectivity index (χ0v) is 15.9. The molecule has 0 spiro atoms. The van der Waals surface area contributed by atoms with Gasteiger partial charge in [0.05, 0.1) is 5.92 Å². The van der Waals surface area contributed by atoms with E-state index >= 15 is 0 Å². The highest BCUT2D eigenvalue weighted by atomic mass is 16.5. The van der Waals surface area contributed by atoms with Gasteiger partial charge in [0.15, 0.2) is 0 Å². The number of amides is 2. The second-order valence-electron chi connectivity index (χ2n) is 6.93. The lowest BCUT2D eigenvalue weighted by molar-refractivity contribution is -0.152. The number of hydrogen-bond acceptors (Lipinski definition) is 4. The Kier molecular flexibility index (Phi) is 6.42. The Morgan fingerprint density at radius 1 is 1.07 bits per heavy atom. The topological polar surface area (TPSA) is 75.7 Å². The van der Waals surface area contributed by atoms with Crippen molar-refractivity contribution in [3.8, 4) is 0 Å². The lowest BCUT2D eigenvalue weighted by Gasteiger charge is -2.30. The minimum absolute atomic E-state index is 0.0122. The van der Waals surface area contributed by atoms with Crippen molar-refractivity contribution in [1.82, 2.24) is 4.90 Å². The van der Waals surface area contributed by atoms with Crippen LogP contribution in [-0.4, -0.2) is 35.8 Å². The summed E-state index contributed by atoms with van der Waals surface area (Å²) in [5.74, 6) is -0.756. The Hall–Kier alpha value is -3.15. The Bertz CT molecular complexity index is 833. The van der Waals surface area contributed by atoms with Crippen LogP contribution in [0, 0.1) is 5.92 Å². The quantitative estimate of drug-likeness (QED) is 0.808. The van der Waals surface area contributed by atoms with Crippen LogP contribution in [0.3, 0.4) is 0 Å². The van der Waals surface area contributed by atoms with Gasteiger partial charge in [0.1, 0.15) is 6.61 Å². The number of piperidine rings is 1. The van der Waals surface area contributed by atoms with Crippen molar-refractivity contribution in [3.63, 3.8) is 0 Å². The summed E-state index contributed by atoms with van der Waals surface area (Å²) in [6, 6.07) is 16.2. The summed E-state index contributed by atoms with van der Waals surface area (Å²) in [6.07, 6.45) is 1.55. The molecule has 2 aromatic carbocycles. The van der Waals surface area contributed by atoms with Gasteiger partial charge in [0.2, 0.25) is 5.91 Å². The number of esters is 1. The molecule has 1 fully saturated rings. The van der Waals surface area contributed by atoms with Gasteiger partial charge in [-0.3, -0.25) is 14.4 Å². The van der Waals surface area contributed by atoms with E-state index < -0.39 is 0 Å². The van der Waals surface area contributed by atoms with Crippen LogP contribution >= 0.6 is 0 Å². The molecule has 6 heteroatoms. The second-order valence-corrected chi connectivity index (χ2v) is 6.93. The monoisotopic (exact) mass is 380 g/mol. The molecular weight excluding hydrogens is 356 g/mol. The summed E-state index contributed by atoms with van der Waals surface area (Å²) in [5.41, 5.74) is 2.07. The normalized spacial score (nSPS) is 16.3. The molecule has 28 heavy (non-hydrogen) atoms. The predicted octanol–water partition coefficient (Wildman–Crippen LogP) is 3.24. The van der Waals surface area contributed by atoms with E-state index in [9.17, 15) is 14.4 Å². The summed E-state index contributed by atoms with van der Waals surface area (Å²) >= 11 is 0. The first-order chi connectivity index (χ1) is 13.5. The molecule has 1 heterocycles. The van der Waals surface area contributed by atoms with Crippen molar-refractivity contribution < 1.29 is 19.1 Å². The van der Waals surface area contributed by atoms with E-state index in [1.54, 1.807) is 29.2 Å². The first-order valence-electron chi connectivity index (χ1n) is 9.40. The van der Waals surface area contributed by atoms with E-state index in [0.29, 0.717) is 18.7 Å². The van der Waals surface area contributed by atoms with Gasteiger partial charge in [-0.25, -0.2) is 0 Å². The minimum Gasteiger partial charge on any atom is -0.461 e. The summed E-state index contributed by atoms with van der Waals surface area (Å²) in [6.45, 7) is 2.79. The number of ether oxygens (including phenoxy) is 1. The molecule has 1 saturated heterocycles. The number of hydrogen-bond donors (Lipinski definition) is 1. The van der Waals surface area contributed by atoms with Crippen LogP contribution in [0.25, 0.3) is 0 Å². The van der Waals surface area contributed by atoms with Crippen LogP contribution in [0.15, 0.2) is 54.6 Å². The molecule has 0 aliphatic carbocycles. The fourth-order valence-corrected chi connectivity index (χ4v) is 3.20. The Balaban J connectivity index is 1.51. The number of carbonyl (C=O) groups is 3. The Morgan fingerprint density at radius 3 is 2.46 bits per heavy atom. The summed E-state index contributed by atoms with van der Waals surface area (Å²) in [7, 11) is 0. The van der Waals surface area contributed by atoms with Gasteiger partial charge in [-0.1, -0.05) is 30.3 Å². The van der Waals surface area contributed by atoms with Gasteiger partial charge < -0.3 is 15.0 Å². The van der Waals surface area contributed by atoms with E-state index in [-0.39, 0.29) is 30.3 Å². The lowest BCUT2D eigenvalue weighted by Crippen LogP contribution is -2.41. The molecule has 6 nitrogen and oxygen atoms in total. The van der Waals surface area contributed by atoms with Gasteiger partial charge in [-0.05, 0) is 42.7 Å². The van der Waals surface area contributed by atoms with Gasteiger partial charge in [0.25, 0.3) is 5.91 Å². The fourth-order valence-electron chi connectivity index (χ4n) is 3.20. The Morgan fingerprint density at radius 2 is 1.79 bits per heavy atom. The van der Waals surface area contributed by atoms with E-state index in [2.05, 4.69) is 5.32 Å². The van der Waals surface area contributed by atoms with Crippen LogP contribution in [0.4, 0.5) is 5.69 Å². The first kappa shape index (κ1) is 19.6.